The molecule has 0 aliphatic carbocycles. The number of nitrogens with zero attached hydrogens (tertiary/aromatic N) is 4. The molecule has 3 aromatic rings. The first-order valence-electron chi connectivity index (χ1n) is 8.23. The van der Waals surface area contributed by atoms with Gasteiger partial charge in [-0.1, -0.05) is 53.9 Å². The van der Waals surface area contributed by atoms with Gasteiger partial charge in [0.15, 0.2) is 0 Å². The smallest absolute Gasteiger partial charge is 0.237 e. The molecule has 0 radical (unpaired) electrons. The zero-order chi connectivity index (χ0) is 18.4. The van der Waals surface area contributed by atoms with E-state index in [4.69, 9.17) is 0 Å². The van der Waals surface area contributed by atoms with Gasteiger partial charge in [0.25, 0.3) is 0 Å². The average Bonchev–Trinajstić information content (AvgIpc) is 3.11. The minimum Gasteiger partial charge on any atom is -0.324 e. The van der Waals surface area contributed by atoms with E-state index in [1.165, 1.54) is 11.8 Å². The molecule has 1 amide bonds. The van der Waals surface area contributed by atoms with Gasteiger partial charge >= 0.3 is 0 Å². The molecule has 2 aromatic carbocycles. The van der Waals surface area contributed by atoms with Crippen molar-refractivity contribution < 1.29 is 4.79 Å². The summed E-state index contributed by atoms with van der Waals surface area (Å²) in [4.78, 5) is 14.8. The molecule has 3 rings (SSSR count). The Morgan fingerprint density at radius 2 is 1.88 bits per heavy atom. The number of carbonyl (C=O) groups excluding carboxylic acids is 1. The van der Waals surface area contributed by atoms with E-state index < -0.39 is 0 Å². The number of rotatable bonds is 7. The predicted octanol–water partition coefficient (Wildman–Crippen LogP) is 3.96. The second kappa shape index (κ2) is 8.86. The quantitative estimate of drug-likeness (QED) is 0.621. The van der Waals surface area contributed by atoms with Gasteiger partial charge < -0.3 is 5.32 Å². The van der Waals surface area contributed by atoms with Crippen LogP contribution >= 0.6 is 23.5 Å². The Bertz CT molecular complexity index is 869. The van der Waals surface area contributed by atoms with Gasteiger partial charge in [0.2, 0.25) is 11.1 Å². The lowest BCUT2D eigenvalue weighted by Crippen LogP contribution is -2.23. The molecule has 26 heavy (non-hydrogen) atoms. The number of tetrazole rings is 1. The lowest BCUT2D eigenvalue weighted by Gasteiger charge is -2.14. The predicted molar refractivity (Wildman–Crippen MR) is 104 cm³/mol. The number of para-hydroxylation sites is 1. The van der Waals surface area contributed by atoms with E-state index >= 15 is 0 Å². The standard InChI is InChI=1S/C18H19N5OS2/c1-3-23-18(20-21-22-23)25-13(2)17(24)19-15-11-7-8-12-16(15)26-14-9-5-4-6-10-14/h4-13H,3H2,1-2H3,(H,19,24). The highest BCUT2D eigenvalue weighted by molar-refractivity contribution is 8.00. The fourth-order valence-electron chi connectivity index (χ4n) is 2.20. The largest absolute Gasteiger partial charge is 0.324 e. The van der Waals surface area contributed by atoms with Crippen LogP contribution in [0.4, 0.5) is 5.69 Å². The van der Waals surface area contributed by atoms with Crippen molar-refractivity contribution in [1.82, 2.24) is 20.2 Å². The van der Waals surface area contributed by atoms with E-state index in [2.05, 4.69) is 20.8 Å². The lowest BCUT2D eigenvalue weighted by atomic mass is 10.3. The molecule has 0 saturated heterocycles. The van der Waals surface area contributed by atoms with E-state index in [-0.39, 0.29) is 11.2 Å². The van der Waals surface area contributed by atoms with Gasteiger partial charge in [-0.25, -0.2) is 4.68 Å². The number of thioether (sulfide) groups is 1. The molecule has 1 aromatic heterocycles. The van der Waals surface area contributed by atoms with Crippen LogP contribution in [0.5, 0.6) is 0 Å². The van der Waals surface area contributed by atoms with Gasteiger partial charge in [0.1, 0.15) is 0 Å². The first kappa shape index (κ1) is 18.5. The van der Waals surface area contributed by atoms with Crippen molar-refractivity contribution in [3.05, 3.63) is 54.6 Å². The highest BCUT2D eigenvalue weighted by Crippen LogP contribution is 2.33. The Morgan fingerprint density at radius 1 is 1.15 bits per heavy atom. The van der Waals surface area contributed by atoms with Gasteiger partial charge in [-0.05, 0) is 48.5 Å². The fourth-order valence-corrected chi connectivity index (χ4v) is 3.98. The number of aryl methyl sites for hydroxylation is 1. The summed E-state index contributed by atoms with van der Waals surface area (Å²) in [6.45, 7) is 4.48. The van der Waals surface area contributed by atoms with Crippen molar-refractivity contribution in [3.63, 3.8) is 0 Å². The molecule has 0 saturated carbocycles. The highest BCUT2D eigenvalue weighted by Gasteiger charge is 2.19. The maximum Gasteiger partial charge on any atom is 0.237 e. The van der Waals surface area contributed by atoms with Crippen LogP contribution in [0.3, 0.4) is 0 Å². The lowest BCUT2D eigenvalue weighted by molar-refractivity contribution is -0.115. The number of hydrogen-bond donors (Lipinski definition) is 1. The second-order valence-electron chi connectivity index (χ2n) is 5.44. The third kappa shape index (κ3) is 4.64. The van der Waals surface area contributed by atoms with Crippen LogP contribution < -0.4 is 5.32 Å². The van der Waals surface area contributed by atoms with Gasteiger partial charge in [-0.3, -0.25) is 4.79 Å². The molecule has 0 aliphatic rings. The number of carbonyl (C=O) groups is 1. The number of anilines is 1. The topological polar surface area (TPSA) is 72.7 Å². The van der Waals surface area contributed by atoms with Crippen LogP contribution in [-0.2, 0) is 11.3 Å². The van der Waals surface area contributed by atoms with Crippen LogP contribution in [0.1, 0.15) is 13.8 Å². The summed E-state index contributed by atoms with van der Waals surface area (Å²) in [7, 11) is 0. The molecular weight excluding hydrogens is 366 g/mol. The van der Waals surface area contributed by atoms with E-state index in [0.717, 1.165) is 15.5 Å². The van der Waals surface area contributed by atoms with Crippen molar-refractivity contribution in [2.45, 2.75) is 40.6 Å². The zero-order valence-corrected chi connectivity index (χ0v) is 16.1. The molecular formula is C18H19N5OS2. The minimum absolute atomic E-state index is 0.0817. The van der Waals surface area contributed by atoms with Crippen molar-refractivity contribution in [3.8, 4) is 0 Å². The zero-order valence-electron chi connectivity index (χ0n) is 14.5. The maximum atomic E-state index is 12.6. The van der Waals surface area contributed by atoms with Crippen LogP contribution in [0.2, 0.25) is 0 Å². The molecule has 1 unspecified atom stereocenters. The third-order valence-electron chi connectivity index (χ3n) is 3.57. The summed E-state index contributed by atoms with van der Waals surface area (Å²) in [5.41, 5.74) is 0.800. The van der Waals surface area contributed by atoms with Gasteiger partial charge in [0.05, 0.1) is 10.9 Å². The fraction of sp³-hybridized carbons (Fsp3) is 0.222. The van der Waals surface area contributed by atoms with E-state index in [0.29, 0.717) is 11.7 Å². The summed E-state index contributed by atoms with van der Waals surface area (Å²) in [5.74, 6) is -0.0817. The van der Waals surface area contributed by atoms with Gasteiger partial charge in [0, 0.05) is 16.3 Å². The third-order valence-corrected chi connectivity index (χ3v) is 5.72. The minimum atomic E-state index is -0.318. The summed E-state index contributed by atoms with van der Waals surface area (Å²) in [6.07, 6.45) is 0. The summed E-state index contributed by atoms with van der Waals surface area (Å²) in [6, 6.07) is 17.9. The van der Waals surface area contributed by atoms with Gasteiger partial charge in [-0.15, -0.1) is 5.10 Å². The van der Waals surface area contributed by atoms with Crippen molar-refractivity contribution in [2.24, 2.45) is 0 Å². The van der Waals surface area contributed by atoms with Gasteiger partial charge in [-0.2, -0.15) is 0 Å². The Labute approximate surface area is 160 Å². The Kier molecular flexibility index (Phi) is 6.30. The summed E-state index contributed by atoms with van der Waals surface area (Å²) >= 11 is 2.97. The first-order chi connectivity index (χ1) is 12.7. The molecule has 1 heterocycles. The summed E-state index contributed by atoms with van der Waals surface area (Å²) in [5, 5.41) is 14.9. The van der Waals surface area contributed by atoms with E-state index in [1.54, 1.807) is 16.4 Å². The Hall–Kier alpha value is -2.32. The first-order valence-corrected chi connectivity index (χ1v) is 9.92. The number of benzene rings is 2. The van der Waals surface area contributed by atoms with Crippen LogP contribution in [0.15, 0.2) is 69.5 Å². The number of nitrogens with one attached hydrogen (secondary N) is 1. The molecule has 134 valence electrons. The van der Waals surface area contributed by atoms with E-state index in [9.17, 15) is 4.79 Å². The molecule has 1 atom stereocenters. The second-order valence-corrected chi connectivity index (χ2v) is 7.86. The Morgan fingerprint density at radius 3 is 2.65 bits per heavy atom. The molecule has 1 N–H and O–H groups in total. The molecule has 0 fully saturated rings. The van der Waals surface area contributed by atoms with Crippen molar-refractivity contribution in [1.29, 1.82) is 0 Å². The molecule has 0 bridgehead atoms. The van der Waals surface area contributed by atoms with E-state index in [1.807, 2.05) is 68.4 Å². The van der Waals surface area contributed by atoms with Crippen LogP contribution in [0, 0.1) is 0 Å². The number of amides is 1. The number of hydrogen-bond acceptors (Lipinski definition) is 6. The molecule has 6 nitrogen and oxygen atoms in total. The Balaban J connectivity index is 1.69. The molecule has 8 heteroatoms. The normalized spacial score (nSPS) is 11.9. The summed E-state index contributed by atoms with van der Waals surface area (Å²) < 4.78 is 1.67. The van der Waals surface area contributed by atoms with Crippen LogP contribution in [-0.4, -0.2) is 31.4 Å². The SMILES string of the molecule is CCn1nnnc1SC(C)C(=O)Nc1ccccc1Sc1ccccc1. The monoisotopic (exact) mass is 385 g/mol. The average molecular weight is 386 g/mol. The molecule has 0 spiro atoms. The maximum absolute atomic E-state index is 12.6. The van der Waals surface area contributed by atoms with Crippen molar-refractivity contribution >= 4 is 35.1 Å². The van der Waals surface area contributed by atoms with Crippen LogP contribution in [0.25, 0.3) is 0 Å². The number of aromatic nitrogens is 4. The van der Waals surface area contributed by atoms with Crippen molar-refractivity contribution in [2.75, 3.05) is 5.32 Å². The molecule has 0 aliphatic heterocycles. The highest BCUT2D eigenvalue weighted by atomic mass is 32.2.